The quantitative estimate of drug-likeness (QED) is 0.0223. The summed E-state index contributed by atoms with van der Waals surface area (Å²) in [5.74, 6) is 1.95. The normalized spacial score (nSPS) is 12.9. The average Bonchev–Trinajstić information content (AvgIpc) is 1.75. The molecule has 3 aliphatic heterocycles. The fourth-order valence-corrected chi connectivity index (χ4v) is 12.4. The Kier molecular flexibility index (Phi) is 90.2. The molecule has 0 radical (unpaired) electrons. The summed E-state index contributed by atoms with van der Waals surface area (Å²) in [7, 11) is 0. The van der Waals surface area contributed by atoms with Gasteiger partial charge in [-0.1, -0.05) is 371 Å². The number of ketones is 2. The van der Waals surface area contributed by atoms with E-state index in [4.69, 9.17) is 14.2 Å². The number of aliphatic hydroxyl groups is 2. The van der Waals surface area contributed by atoms with E-state index >= 15 is 0 Å². The first-order valence-corrected chi connectivity index (χ1v) is 42.1. The number of halogens is 1. The molecule has 3 aliphatic rings. The zero-order valence-corrected chi connectivity index (χ0v) is 75.3. The first-order chi connectivity index (χ1) is 52.2. The number of hydrogen-bond donors (Lipinski definition) is 2. The Balaban J connectivity index is -0.000000284. The maximum absolute atomic E-state index is 11.9. The average molecular weight is 1600 g/mol. The first kappa shape index (κ1) is 115. The maximum atomic E-state index is 11.9. The number of aliphatic hydroxyl groups excluding tert-OH is 2. The molecule has 3 saturated heterocycles. The largest absolute Gasteiger partial charge is 2.00 e. The summed E-state index contributed by atoms with van der Waals surface area (Å²) >= 11 is 4.12. The first-order valence-electron chi connectivity index (χ1n) is 40.1. The number of aldehydes is 1. The van der Waals surface area contributed by atoms with E-state index < -0.39 is 18.0 Å². The van der Waals surface area contributed by atoms with Crippen LogP contribution in [0.1, 0.15) is 219 Å². The second kappa shape index (κ2) is 85.5. The van der Waals surface area contributed by atoms with Gasteiger partial charge in [-0.3, -0.25) is 14.4 Å². The fraction of sp³-hybridized carbons (Fsp3) is 0.448. The summed E-state index contributed by atoms with van der Waals surface area (Å²) in [5, 5.41) is 19.9. The van der Waals surface area contributed by atoms with Gasteiger partial charge in [-0.25, -0.2) is 4.58 Å². The van der Waals surface area contributed by atoms with Crippen LogP contribution in [0, 0.1) is 11.5 Å². The van der Waals surface area contributed by atoms with E-state index in [1.165, 1.54) is 81.7 Å². The van der Waals surface area contributed by atoms with Gasteiger partial charge < -0.3 is 71.9 Å². The van der Waals surface area contributed by atoms with Crippen LogP contribution in [0.25, 0.3) is 0 Å². The van der Waals surface area contributed by atoms with E-state index in [1.807, 2.05) is 281 Å². The van der Waals surface area contributed by atoms with Crippen molar-refractivity contribution >= 4 is 64.4 Å². The third-order valence-electron chi connectivity index (χ3n) is 15.2. The van der Waals surface area contributed by atoms with Crippen LogP contribution in [-0.4, -0.2) is 107 Å². The van der Waals surface area contributed by atoms with E-state index in [-0.39, 0.29) is 83.3 Å². The van der Waals surface area contributed by atoms with Crippen LogP contribution in [-0.2, 0) is 80.0 Å². The van der Waals surface area contributed by atoms with Crippen LogP contribution in [0.2, 0.25) is 0 Å². The van der Waals surface area contributed by atoms with E-state index in [0.29, 0.717) is 51.4 Å². The summed E-state index contributed by atoms with van der Waals surface area (Å²) in [4.78, 5) is 34.7. The minimum atomic E-state index is -0.990. The van der Waals surface area contributed by atoms with Crippen molar-refractivity contribution in [2.45, 2.75) is 250 Å². The van der Waals surface area contributed by atoms with Crippen molar-refractivity contribution in [3.63, 3.8) is 0 Å². The minimum Gasteiger partial charge on any atom is -1.00 e. The molecule has 109 heavy (non-hydrogen) atoms. The van der Waals surface area contributed by atoms with Crippen molar-refractivity contribution in [3.8, 4) is 0 Å². The van der Waals surface area contributed by atoms with E-state index in [1.54, 1.807) is 4.58 Å². The SMILES string of the molecule is CC.CC.CC.CC.CC.CC.CC.CC.O=C(CCc1ccccc1)CC(O)CCc1ccccc1.O=C(CCc1ccccc1)CC(O)CCc1ccccc1.O=CC1(CCc2ccccc2)OCCO1.[Br-].[CH2-]Cc1ccccc1.[Li+].[Mg+2].c1ccc(CCC2CO2)cc1.c1ccc(CC[C-]2SCCCS2)cc1. The van der Waals surface area contributed by atoms with Gasteiger partial charge in [-0.15, -0.1) is 0 Å². The Labute approximate surface area is 713 Å². The molecule has 596 valence electrons. The molecule has 0 saturated carbocycles. The van der Waals surface area contributed by atoms with Crippen LogP contribution in [0.5, 0.6) is 0 Å². The Hall–Kier alpha value is -4.89. The van der Waals surface area contributed by atoms with Crippen LogP contribution in [0.3, 0.4) is 0 Å². The molecule has 13 heteroatoms. The van der Waals surface area contributed by atoms with Crippen molar-refractivity contribution in [2.75, 3.05) is 31.3 Å². The number of carbonyl (C=O) groups is 3. The van der Waals surface area contributed by atoms with Crippen LogP contribution >= 0.6 is 23.5 Å². The number of ether oxygens (including phenoxy) is 3. The third-order valence-corrected chi connectivity index (χ3v) is 17.9. The van der Waals surface area contributed by atoms with E-state index in [2.05, 4.69) is 103 Å². The molecule has 8 nitrogen and oxygen atoms in total. The molecule has 11 rings (SSSR count). The standard InChI is InChI=1S/2C19H22O2.C12H14O3.C12H15S2.C10H12O.C8H9.8C2H6.BrH.Li.Mg/c2*20-18(13-11-16-7-3-1-4-8-16)15-19(21)14-12-17-9-5-2-6-10-17;13-10-12(14-8-9-15-12)7-6-11-4-2-1-3-5-11;1-2-5-11(6-3-1)7-8-12-13-9-4-10-14-12;1-2-4-9(5-3-1)6-7-10-8-11-10;1-2-8-6-4-3-5-7-8;8*1-2;;;/h2*1-10,18,20H,11-15H2;1-5,10H,6-9H2;1-3,5-6H,4,7-10H2;1-5,10H,6-8H2;3-7H,1-2H2;8*1-2H3;1H;;/q;;;-1;;-1;;;;;;;;;;+1;+2/p-1. The van der Waals surface area contributed by atoms with Crippen LogP contribution in [0.4, 0.5) is 0 Å². The molecule has 0 spiro atoms. The number of hydrogen-bond acceptors (Lipinski definition) is 10. The molecule has 0 aliphatic carbocycles. The molecule has 3 atom stereocenters. The summed E-state index contributed by atoms with van der Waals surface area (Å²) in [6, 6.07) is 81.7. The zero-order valence-electron chi connectivity index (χ0n) is 70.6. The van der Waals surface area contributed by atoms with Crippen molar-refractivity contribution in [2.24, 2.45) is 0 Å². The van der Waals surface area contributed by atoms with Gasteiger partial charge in [-0.2, -0.15) is 12.8 Å². The maximum Gasteiger partial charge on any atom is 2.00 e. The molecule has 3 heterocycles. The van der Waals surface area contributed by atoms with Gasteiger partial charge in [0.1, 0.15) is 11.6 Å². The second-order valence-electron chi connectivity index (χ2n) is 22.5. The third kappa shape index (κ3) is 64.2. The van der Waals surface area contributed by atoms with Gasteiger partial charge in [0, 0.05) is 32.1 Å². The molecule has 2 N–H and O–H groups in total. The van der Waals surface area contributed by atoms with Gasteiger partial charge in [0.15, 0.2) is 6.29 Å². The predicted molar refractivity (Wildman–Crippen MR) is 470 cm³/mol. The monoisotopic (exact) mass is 1600 g/mol. The zero-order chi connectivity index (χ0) is 79.4. The van der Waals surface area contributed by atoms with Crippen LogP contribution < -0.4 is 35.8 Å². The van der Waals surface area contributed by atoms with Crippen LogP contribution in [0.15, 0.2) is 243 Å². The Bertz CT molecular complexity index is 2980. The molecule has 0 aromatic heterocycles. The van der Waals surface area contributed by atoms with Gasteiger partial charge in [0.25, 0.3) is 0 Å². The molecule has 3 unspecified atom stereocenters. The topological polar surface area (TPSA) is 123 Å². The Morgan fingerprint density at radius 3 is 0.982 bits per heavy atom. The molecule has 8 aromatic carbocycles. The van der Waals surface area contributed by atoms with E-state index in [0.717, 1.165) is 57.8 Å². The smallest absolute Gasteiger partial charge is 1.00 e. The van der Waals surface area contributed by atoms with Gasteiger partial charge in [-0.05, 0) is 109 Å². The van der Waals surface area contributed by atoms with Crippen molar-refractivity contribution in [3.05, 3.63) is 299 Å². The number of rotatable bonds is 27. The number of Topliss-reactive ketones (excluding diaryl/α,β-unsaturated/α-hetero) is 2. The van der Waals surface area contributed by atoms with Gasteiger partial charge in [0.2, 0.25) is 5.79 Å². The summed E-state index contributed by atoms with van der Waals surface area (Å²) in [6.07, 6.45) is 14.7. The van der Waals surface area contributed by atoms with Crippen molar-refractivity contribution < 1.29 is 74.6 Å². The second-order valence-corrected chi connectivity index (χ2v) is 25.2. The summed E-state index contributed by atoms with van der Waals surface area (Å²) in [6.45, 7) is 37.7. The molecular formula is C96H142BrLiMgO8S2. The molecule has 0 amide bonds. The summed E-state index contributed by atoms with van der Waals surface area (Å²) < 4.78 is 17.4. The predicted octanol–water partition coefficient (Wildman–Crippen LogP) is 18.6. The summed E-state index contributed by atoms with van der Waals surface area (Å²) in [5.41, 5.74) is 10.1. The minimum absolute atomic E-state index is 0. The number of carbonyl (C=O) groups excluding carboxylic acids is 3. The molecular weight excluding hydrogens is 1460 g/mol. The Morgan fingerprint density at radius 2 is 0.706 bits per heavy atom. The molecule has 8 aromatic rings. The number of aryl methyl sites for hydroxylation is 7. The van der Waals surface area contributed by atoms with E-state index in [9.17, 15) is 24.6 Å². The van der Waals surface area contributed by atoms with Crippen molar-refractivity contribution in [1.29, 1.82) is 0 Å². The number of epoxide rings is 1. The van der Waals surface area contributed by atoms with Gasteiger partial charge >= 0.3 is 41.9 Å². The number of benzene rings is 8. The van der Waals surface area contributed by atoms with Gasteiger partial charge in [0.05, 0.1) is 38.1 Å². The molecule has 0 bridgehead atoms. The Morgan fingerprint density at radius 1 is 0.440 bits per heavy atom. The van der Waals surface area contributed by atoms with Crippen molar-refractivity contribution in [1.82, 2.24) is 0 Å². The molecule has 3 fully saturated rings. The fourth-order valence-electron chi connectivity index (χ4n) is 9.81. The number of thioether (sulfide) groups is 2.